The van der Waals surface area contributed by atoms with Crippen LogP contribution in [-0.2, 0) is 0 Å². The van der Waals surface area contributed by atoms with Crippen LogP contribution in [-0.4, -0.2) is 9.97 Å². The molecule has 1 N–H and O–H groups in total. The van der Waals surface area contributed by atoms with Gasteiger partial charge >= 0.3 is 0 Å². The van der Waals surface area contributed by atoms with E-state index in [1.165, 1.54) is 0 Å². The molecule has 0 fully saturated rings. The van der Waals surface area contributed by atoms with Gasteiger partial charge in [0.15, 0.2) is 11.4 Å². The maximum Gasteiger partial charge on any atom is 0.229 e. The number of nitrogens with zero attached hydrogens (tertiary/aromatic N) is 1. The first-order chi connectivity index (χ1) is 7.25. The van der Waals surface area contributed by atoms with Crippen LogP contribution in [0, 0.1) is 6.92 Å². The van der Waals surface area contributed by atoms with E-state index in [0.717, 1.165) is 5.52 Å². The van der Waals surface area contributed by atoms with E-state index in [1.807, 2.05) is 18.2 Å². The number of hydrogen-bond donors (Lipinski definition) is 1. The molecule has 3 rings (SSSR count). The second-order valence-corrected chi connectivity index (χ2v) is 3.41. The largest absolute Gasteiger partial charge is 0.424 e. The van der Waals surface area contributed by atoms with Crippen molar-refractivity contribution in [3.8, 4) is 0 Å². The molecule has 0 spiro atoms. The average molecular weight is 200 g/mol. The lowest BCUT2D eigenvalue weighted by atomic mass is 10.2. The molecule has 3 aromatic rings. The van der Waals surface area contributed by atoms with Crippen LogP contribution in [0.25, 0.3) is 22.1 Å². The van der Waals surface area contributed by atoms with Crippen LogP contribution >= 0.6 is 0 Å². The lowest BCUT2D eigenvalue weighted by molar-refractivity contribution is 0.552. The minimum atomic E-state index is -0.0869. The van der Waals surface area contributed by atoms with Gasteiger partial charge in [0.05, 0.1) is 5.52 Å². The highest BCUT2D eigenvalue weighted by Crippen LogP contribution is 2.14. The maximum atomic E-state index is 12.0. The number of aromatic nitrogens is 2. The van der Waals surface area contributed by atoms with E-state index in [9.17, 15) is 4.79 Å². The van der Waals surface area contributed by atoms with Gasteiger partial charge in [-0.3, -0.25) is 4.79 Å². The quantitative estimate of drug-likeness (QED) is 0.603. The summed E-state index contributed by atoms with van der Waals surface area (Å²) in [7, 11) is 0. The predicted molar refractivity (Wildman–Crippen MR) is 56.9 cm³/mol. The third-order valence-electron chi connectivity index (χ3n) is 2.37. The normalized spacial score (nSPS) is 11.3. The molecular formula is C11H8N2O2. The summed E-state index contributed by atoms with van der Waals surface area (Å²) in [6, 6.07) is 7.31. The third-order valence-corrected chi connectivity index (χ3v) is 2.37. The number of para-hydroxylation sites is 1. The lowest BCUT2D eigenvalue weighted by Crippen LogP contribution is -2.03. The number of nitrogens with one attached hydrogen (secondary N) is 1. The Morgan fingerprint density at radius 1 is 1.33 bits per heavy atom. The van der Waals surface area contributed by atoms with Gasteiger partial charge in [-0.25, -0.2) is 4.98 Å². The van der Waals surface area contributed by atoms with Crippen molar-refractivity contribution < 1.29 is 4.42 Å². The van der Waals surface area contributed by atoms with Crippen LogP contribution in [0.2, 0.25) is 0 Å². The highest BCUT2D eigenvalue weighted by Gasteiger charge is 2.09. The summed E-state index contributed by atoms with van der Waals surface area (Å²) in [5.74, 6) is 0.494. The Balaban J connectivity index is 2.65. The van der Waals surface area contributed by atoms with E-state index in [0.29, 0.717) is 22.5 Å². The molecule has 2 aromatic heterocycles. The minimum Gasteiger partial charge on any atom is -0.424 e. The number of hydrogen-bond acceptors (Lipinski definition) is 3. The smallest absolute Gasteiger partial charge is 0.229 e. The summed E-state index contributed by atoms with van der Waals surface area (Å²) in [5.41, 5.74) is 1.49. The van der Waals surface area contributed by atoms with Crippen molar-refractivity contribution in [1.29, 1.82) is 0 Å². The van der Waals surface area contributed by atoms with E-state index in [-0.39, 0.29) is 5.43 Å². The van der Waals surface area contributed by atoms with Gasteiger partial charge in [-0.2, -0.15) is 0 Å². The van der Waals surface area contributed by atoms with E-state index in [2.05, 4.69) is 9.97 Å². The average Bonchev–Trinajstić information content (AvgIpc) is 2.59. The fourth-order valence-corrected chi connectivity index (χ4v) is 1.71. The number of fused-ring (bicyclic) bond motifs is 2. The molecule has 0 bridgehead atoms. The molecule has 0 unspecified atom stereocenters. The molecule has 4 heteroatoms. The highest BCUT2D eigenvalue weighted by molar-refractivity contribution is 5.88. The lowest BCUT2D eigenvalue weighted by Gasteiger charge is -1.95. The Morgan fingerprint density at radius 2 is 2.13 bits per heavy atom. The molecule has 4 nitrogen and oxygen atoms in total. The minimum absolute atomic E-state index is 0.0869. The fraction of sp³-hybridized carbons (Fsp3) is 0.0909. The molecule has 0 atom stereocenters. The second kappa shape index (κ2) is 2.70. The Labute approximate surface area is 84.6 Å². The Morgan fingerprint density at radius 3 is 3.00 bits per heavy atom. The van der Waals surface area contributed by atoms with Crippen LogP contribution in [0.3, 0.4) is 0 Å². The zero-order valence-electron chi connectivity index (χ0n) is 8.07. The molecule has 15 heavy (non-hydrogen) atoms. The number of oxazole rings is 1. The van der Waals surface area contributed by atoms with E-state index < -0.39 is 0 Å². The number of benzene rings is 1. The van der Waals surface area contributed by atoms with Gasteiger partial charge in [0, 0.05) is 12.3 Å². The van der Waals surface area contributed by atoms with Gasteiger partial charge < -0.3 is 9.40 Å². The van der Waals surface area contributed by atoms with E-state index in [4.69, 9.17) is 4.42 Å². The zero-order chi connectivity index (χ0) is 10.4. The van der Waals surface area contributed by atoms with Crippen molar-refractivity contribution in [2.75, 3.05) is 0 Å². The molecule has 0 aliphatic heterocycles. The number of aromatic amines is 1. The van der Waals surface area contributed by atoms with Crippen molar-refractivity contribution in [3.63, 3.8) is 0 Å². The number of aryl methyl sites for hydroxylation is 1. The topological polar surface area (TPSA) is 58.9 Å². The summed E-state index contributed by atoms with van der Waals surface area (Å²) in [6.45, 7) is 1.72. The number of rotatable bonds is 0. The molecule has 0 aliphatic carbocycles. The number of pyridine rings is 1. The van der Waals surface area contributed by atoms with E-state index in [1.54, 1.807) is 13.0 Å². The second-order valence-electron chi connectivity index (χ2n) is 3.41. The highest BCUT2D eigenvalue weighted by atomic mass is 16.4. The molecule has 2 heterocycles. The van der Waals surface area contributed by atoms with Gasteiger partial charge in [-0.15, -0.1) is 0 Å². The molecular weight excluding hydrogens is 192 g/mol. The molecule has 74 valence electrons. The molecule has 0 aliphatic rings. The zero-order valence-corrected chi connectivity index (χ0v) is 8.07. The SMILES string of the molecule is Cc1nc2c(=O)c3ccccc3[nH]c2o1. The maximum absolute atomic E-state index is 12.0. The van der Waals surface area contributed by atoms with Crippen LogP contribution in [0.1, 0.15) is 5.89 Å². The van der Waals surface area contributed by atoms with Crippen molar-refractivity contribution in [2.24, 2.45) is 0 Å². The number of H-pyrrole nitrogens is 1. The van der Waals surface area contributed by atoms with E-state index >= 15 is 0 Å². The summed E-state index contributed by atoms with van der Waals surface area (Å²) in [4.78, 5) is 19.1. The Kier molecular flexibility index (Phi) is 1.48. The summed E-state index contributed by atoms with van der Waals surface area (Å²) in [6.07, 6.45) is 0. The molecule has 0 saturated carbocycles. The summed E-state index contributed by atoms with van der Waals surface area (Å²) < 4.78 is 5.29. The van der Waals surface area contributed by atoms with Crippen LogP contribution in [0.15, 0.2) is 33.5 Å². The molecule has 0 radical (unpaired) electrons. The third kappa shape index (κ3) is 1.08. The summed E-state index contributed by atoms with van der Waals surface area (Å²) >= 11 is 0. The van der Waals surface area contributed by atoms with Crippen molar-refractivity contribution >= 4 is 22.1 Å². The first kappa shape index (κ1) is 8.23. The van der Waals surface area contributed by atoms with Crippen LogP contribution < -0.4 is 5.43 Å². The monoisotopic (exact) mass is 200 g/mol. The van der Waals surface area contributed by atoms with Crippen LogP contribution in [0.5, 0.6) is 0 Å². The first-order valence-electron chi connectivity index (χ1n) is 4.64. The predicted octanol–water partition coefficient (Wildman–Crippen LogP) is 1.98. The standard InChI is InChI=1S/C11H8N2O2/c1-6-12-9-10(14)7-4-2-3-5-8(7)13-11(9)15-6/h2-5H,1H3,(H,13,14). The fourth-order valence-electron chi connectivity index (χ4n) is 1.71. The van der Waals surface area contributed by atoms with Crippen LogP contribution in [0.4, 0.5) is 0 Å². The Hall–Kier alpha value is -2.10. The van der Waals surface area contributed by atoms with Crippen molar-refractivity contribution in [3.05, 3.63) is 40.4 Å². The summed E-state index contributed by atoms with van der Waals surface area (Å²) in [5, 5.41) is 0.637. The Bertz CT molecular complexity index is 709. The van der Waals surface area contributed by atoms with Gasteiger partial charge in [-0.1, -0.05) is 12.1 Å². The molecule has 1 aromatic carbocycles. The molecule has 0 saturated heterocycles. The van der Waals surface area contributed by atoms with Gasteiger partial charge in [-0.05, 0) is 12.1 Å². The van der Waals surface area contributed by atoms with Gasteiger partial charge in [0.25, 0.3) is 0 Å². The molecule has 0 amide bonds. The van der Waals surface area contributed by atoms with Gasteiger partial charge in [0.1, 0.15) is 0 Å². The van der Waals surface area contributed by atoms with Crippen molar-refractivity contribution in [2.45, 2.75) is 6.92 Å². The first-order valence-corrected chi connectivity index (χ1v) is 4.64. The van der Waals surface area contributed by atoms with Crippen molar-refractivity contribution in [1.82, 2.24) is 9.97 Å². The van der Waals surface area contributed by atoms with Gasteiger partial charge in [0.2, 0.25) is 11.1 Å².